The van der Waals surface area contributed by atoms with Crippen LogP contribution in [0.15, 0.2) is 174 Å². The number of furan rings is 1. The topological polar surface area (TPSA) is 43.3 Å². The van der Waals surface area contributed by atoms with E-state index in [4.69, 9.17) is 13.5 Å². The second-order valence-electron chi connectivity index (χ2n) is 13.0. The quantitative estimate of drug-likeness (QED) is 0.163. The first-order valence-electron chi connectivity index (χ1n) is 19.0. The van der Waals surface area contributed by atoms with Crippen molar-refractivity contribution in [3.63, 3.8) is 0 Å². The minimum absolute atomic E-state index is 0. The number of aryl methyl sites for hydroxylation is 1. The van der Waals surface area contributed by atoms with Crippen molar-refractivity contribution in [3.05, 3.63) is 188 Å². The van der Waals surface area contributed by atoms with Gasteiger partial charge in [-0.2, -0.15) is 0 Å². The summed E-state index contributed by atoms with van der Waals surface area (Å²) in [5.41, 5.74) is 7.50. The van der Waals surface area contributed by atoms with E-state index in [1.54, 1.807) is 18.3 Å². The second kappa shape index (κ2) is 13.9. The van der Waals surface area contributed by atoms with Crippen molar-refractivity contribution in [2.24, 2.45) is 0 Å². The Balaban J connectivity index is 0.000000210. The maximum absolute atomic E-state index is 7.25. The van der Waals surface area contributed by atoms with Gasteiger partial charge in [-0.25, -0.2) is 0 Å². The SMILES string of the molecule is [2H]C([2H])([2H])c1c[c-]c(-c2ccccn2)cc1.[Ir].[c-]1ccc2c(oc3ccccc32)c1-c1nc2cccc3c4ccccc4c4ccccc4c4ccccc4n1c23. The Labute approximate surface area is 329 Å². The summed E-state index contributed by atoms with van der Waals surface area (Å²) in [5.74, 6) is 0.816. The molecule has 0 amide bonds. The number of fused-ring (bicyclic) bond motifs is 10. The zero-order valence-corrected chi connectivity index (χ0v) is 31.1. The second-order valence-corrected chi connectivity index (χ2v) is 13.0. The van der Waals surface area contributed by atoms with Crippen LogP contribution in [0.3, 0.4) is 0 Å². The van der Waals surface area contributed by atoms with E-state index in [2.05, 4.69) is 131 Å². The summed E-state index contributed by atoms with van der Waals surface area (Å²) >= 11 is 0. The summed E-state index contributed by atoms with van der Waals surface area (Å²) in [6.45, 7) is -2.07. The average Bonchev–Trinajstić information content (AvgIpc) is 3.84. The maximum Gasteiger partial charge on any atom is 0.120 e. The molecule has 4 heterocycles. The minimum atomic E-state index is -2.07. The number of rotatable bonds is 2. The van der Waals surface area contributed by atoms with Crippen molar-refractivity contribution in [1.29, 1.82) is 0 Å². The first-order chi connectivity index (χ1) is 27.4. The van der Waals surface area contributed by atoms with Crippen LogP contribution >= 0.6 is 0 Å². The molecule has 0 aliphatic carbocycles. The summed E-state index contributed by atoms with van der Waals surface area (Å²) in [4.78, 5) is 9.46. The molecule has 0 bridgehead atoms. The van der Waals surface area contributed by atoms with Gasteiger partial charge in [-0.15, -0.1) is 53.6 Å². The molecule has 0 saturated carbocycles. The number of benzene rings is 7. The third kappa shape index (κ3) is 5.57. The van der Waals surface area contributed by atoms with E-state index in [1.807, 2.05) is 36.4 Å². The zero-order valence-electron chi connectivity index (χ0n) is 31.7. The number of hydrogen-bond donors (Lipinski definition) is 0. The van der Waals surface area contributed by atoms with E-state index >= 15 is 0 Å². The van der Waals surface area contributed by atoms with Crippen molar-refractivity contribution in [3.8, 4) is 22.6 Å². The minimum Gasteiger partial charge on any atom is -0.501 e. The Morgan fingerprint density at radius 2 is 1.26 bits per heavy atom. The average molecular weight is 873 g/mol. The molecule has 11 rings (SSSR count). The number of pyridine rings is 1. The largest absolute Gasteiger partial charge is 0.501 e. The number of imidazole rings is 1. The van der Waals surface area contributed by atoms with Gasteiger partial charge in [0.25, 0.3) is 0 Å². The van der Waals surface area contributed by atoms with E-state index in [9.17, 15) is 0 Å². The van der Waals surface area contributed by atoms with Gasteiger partial charge in [0.05, 0.1) is 22.4 Å². The Morgan fingerprint density at radius 3 is 1.98 bits per heavy atom. The smallest absolute Gasteiger partial charge is 0.120 e. The van der Waals surface area contributed by atoms with Gasteiger partial charge in [-0.3, -0.25) is 4.98 Å². The normalized spacial score (nSPS) is 12.3. The van der Waals surface area contributed by atoms with Crippen LogP contribution in [0.1, 0.15) is 9.68 Å². The molecule has 0 fully saturated rings. The molecule has 0 aliphatic heterocycles. The maximum atomic E-state index is 7.25. The predicted octanol–water partition coefficient (Wildman–Crippen LogP) is 12.7. The van der Waals surface area contributed by atoms with Gasteiger partial charge in [-0.05, 0) is 51.5 Å². The fourth-order valence-electron chi connectivity index (χ4n) is 7.51. The Morgan fingerprint density at radius 1 is 0.593 bits per heavy atom. The summed E-state index contributed by atoms with van der Waals surface area (Å²) in [6.07, 6.45) is 1.70. The fraction of sp³-hybridized carbons (Fsp3) is 0.0204. The fourth-order valence-corrected chi connectivity index (χ4v) is 7.51. The van der Waals surface area contributed by atoms with E-state index in [0.29, 0.717) is 5.56 Å². The van der Waals surface area contributed by atoms with Gasteiger partial charge in [-0.1, -0.05) is 127 Å². The first kappa shape index (κ1) is 30.1. The molecule has 4 nitrogen and oxygen atoms in total. The number of para-hydroxylation sites is 3. The molecular weight excluding hydrogens is 839 g/mol. The summed E-state index contributed by atoms with van der Waals surface area (Å²) in [7, 11) is 0. The molecule has 0 atom stereocenters. The molecule has 0 unspecified atom stereocenters. The monoisotopic (exact) mass is 873 g/mol. The van der Waals surface area contributed by atoms with E-state index in [0.717, 1.165) is 71.9 Å². The summed E-state index contributed by atoms with van der Waals surface area (Å²) < 4.78 is 30.5. The van der Waals surface area contributed by atoms with Crippen LogP contribution in [0, 0.1) is 19.0 Å². The van der Waals surface area contributed by atoms with Crippen LogP contribution in [-0.4, -0.2) is 14.4 Å². The van der Waals surface area contributed by atoms with Crippen molar-refractivity contribution in [2.45, 2.75) is 6.85 Å². The Bertz CT molecular complexity index is 3300. The van der Waals surface area contributed by atoms with E-state index < -0.39 is 6.85 Å². The first-order valence-corrected chi connectivity index (χ1v) is 17.5. The van der Waals surface area contributed by atoms with Crippen molar-refractivity contribution >= 4 is 70.8 Å². The molecule has 0 saturated heterocycles. The van der Waals surface area contributed by atoms with Gasteiger partial charge in [0.2, 0.25) is 0 Å². The van der Waals surface area contributed by atoms with Crippen molar-refractivity contribution in [2.75, 3.05) is 0 Å². The molecule has 5 heteroatoms. The van der Waals surface area contributed by atoms with Crippen LogP contribution in [0.4, 0.5) is 0 Å². The Hall–Kier alpha value is -6.39. The van der Waals surface area contributed by atoms with Crippen LogP contribution in [0.5, 0.6) is 0 Å². The van der Waals surface area contributed by atoms with Gasteiger partial charge >= 0.3 is 0 Å². The molecule has 0 N–H and O–H groups in total. The van der Waals surface area contributed by atoms with Crippen LogP contribution in [0.2, 0.25) is 0 Å². The molecule has 11 aromatic rings. The third-order valence-corrected chi connectivity index (χ3v) is 9.86. The van der Waals surface area contributed by atoms with Crippen molar-refractivity contribution < 1.29 is 28.6 Å². The zero-order chi connectivity index (χ0) is 37.8. The van der Waals surface area contributed by atoms with Crippen LogP contribution in [-0.2, 0) is 20.1 Å². The molecule has 1 radical (unpaired) electrons. The molecule has 4 aromatic heterocycles. The van der Waals surface area contributed by atoms with Crippen LogP contribution < -0.4 is 0 Å². The number of aromatic nitrogens is 3. The molecule has 0 spiro atoms. The Kier molecular flexibility index (Phi) is 7.73. The molecule has 7 aromatic carbocycles. The molecule has 259 valence electrons. The van der Waals surface area contributed by atoms with E-state index in [-0.39, 0.29) is 20.1 Å². The van der Waals surface area contributed by atoms with Gasteiger partial charge in [0, 0.05) is 52.1 Å². The summed E-state index contributed by atoms with van der Waals surface area (Å²) in [6, 6.07) is 61.6. The molecular formula is C49H31IrN3O-2. The predicted molar refractivity (Wildman–Crippen MR) is 219 cm³/mol. The van der Waals surface area contributed by atoms with Gasteiger partial charge in [0.1, 0.15) is 5.58 Å². The summed E-state index contributed by atoms with van der Waals surface area (Å²) in [5, 5.41) is 9.27. The standard InChI is InChI=1S/C37H21N2O.C12H10N.Ir/c1-3-13-25-23(11-1)24-12-2-4-14-26(24)29-17-10-20-32-35(29)39(33-21-7-5-15-27(25)33)37(38-32)31-19-9-18-30-28-16-6-8-22-34(28)40-36(30)31;1-10-5-7-11(8-6-10)12-4-2-3-9-13-12;/h1-18,20-22H;2-7,9H,1H3;/q2*-1;/i;1D3;. The molecule has 54 heavy (non-hydrogen) atoms. The van der Waals surface area contributed by atoms with Crippen LogP contribution in [0.25, 0.3) is 93.5 Å². The third-order valence-electron chi connectivity index (χ3n) is 9.86. The molecule has 0 aliphatic rings. The van der Waals surface area contributed by atoms with Gasteiger partial charge in [0.15, 0.2) is 0 Å². The van der Waals surface area contributed by atoms with E-state index in [1.165, 1.54) is 27.6 Å². The number of nitrogens with zero attached hydrogens (tertiary/aromatic N) is 3. The van der Waals surface area contributed by atoms with Gasteiger partial charge < -0.3 is 13.8 Å². The number of hydrogen-bond acceptors (Lipinski definition) is 3. The van der Waals surface area contributed by atoms with Crippen molar-refractivity contribution in [1.82, 2.24) is 14.4 Å².